The van der Waals surface area contributed by atoms with E-state index in [-0.39, 0.29) is 15.9 Å². The Bertz CT molecular complexity index is 584. The summed E-state index contributed by atoms with van der Waals surface area (Å²) in [5.74, 6) is 0. The van der Waals surface area contributed by atoms with Crippen LogP contribution in [0.3, 0.4) is 0 Å². The van der Waals surface area contributed by atoms with Crippen molar-refractivity contribution in [2.24, 2.45) is 5.73 Å². The van der Waals surface area contributed by atoms with Crippen LogP contribution in [0.4, 0.5) is 0 Å². The highest BCUT2D eigenvalue weighted by Crippen LogP contribution is 2.27. The number of sulfonamides is 1. The number of hydrogen-bond donors (Lipinski definition) is 1. The van der Waals surface area contributed by atoms with Crippen LogP contribution >= 0.6 is 12.2 Å². The second-order valence-corrected chi connectivity index (χ2v) is 7.04. The van der Waals surface area contributed by atoms with Gasteiger partial charge >= 0.3 is 0 Å². The summed E-state index contributed by atoms with van der Waals surface area (Å²) in [7, 11) is -3.44. The van der Waals surface area contributed by atoms with Crippen LogP contribution in [-0.4, -0.2) is 30.3 Å². The normalized spacial score (nSPS) is 20.6. The zero-order chi connectivity index (χ0) is 14.0. The van der Waals surface area contributed by atoms with Crippen molar-refractivity contribution in [1.82, 2.24) is 4.31 Å². The van der Waals surface area contributed by atoms with Gasteiger partial charge < -0.3 is 5.73 Å². The third-order valence-electron chi connectivity index (χ3n) is 3.52. The van der Waals surface area contributed by atoms with E-state index < -0.39 is 10.0 Å². The predicted molar refractivity (Wildman–Crippen MR) is 79.5 cm³/mol. The fraction of sp³-hybridized carbons (Fsp3) is 0.462. The highest BCUT2D eigenvalue weighted by Gasteiger charge is 2.34. The maximum absolute atomic E-state index is 12.6. The molecule has 1 aromatic carbocycles. The molecule has 4 nitrogen and oxygen atoms in total. The minimum Gasteiger partial charge on any atom is -0.389 e. The summed E-state index contributed by atoms with van der Waals surface area (Å²) in [4.78, 5) is 0.490. The Morgan fingerprint density at radius 3 is 2.89 bits per heavy atom. The lowest BCUT2D eigenvalue weighted by Gasteiger charge is -2.23. The molecule has 1 aromatic rings. The lowest BCUT2D eigenvalue weighted by Crippen LogP contribution is -2.35. The fourth-order valence-electron chi connectivity index (χ4n) is 2.48. The molecule has 19 heavy (non-hydrogen) atoms. The summed E-state index contributed by atoms with van der Waals surface area (Å²) in [5, 5.41) is 0. The third-order valence-corrected chi connectivity index (χ3v) is 5.70. The molecule has 1 unspecified atom stereocenters. The average molecular weight is 298 g/mol. The van der Waals surface area contributed by atoms with E-state index >= 15 is 0 Å². The van der Waals surface area contributed by atoms with Gasteiger partial charge in [-0.25, -0.2) is 8.42 Å². The molecule has 1 aliphatic rings. The Balaban J connectivity index is 2.39. The molecule has 1 fully saturated rings. The van der Waals surface area contributed by atoms with Gasteiger partial charge in [-0.05, 0) is 31.4 Å². The van der Waals surface area contributed by atoms with Crippen molar-refractivity contribution >= 4 is 27.2 Å². The Kier molecular flexibility index (Phi) is 4.23. The van der Waals surface area contributed by atoms with Gasteiger partial charge in [-0.2, -0.15) is 4.31 Å². The van der Waals surface area contributed by atoms with Gasteiger partial charge in [-0.15, -0.1) is 0 Å². The summed E-state index contributed by atoms with van der Waals surface area (Å²) >= 11 is 4.89. The lowest BCUT2D eigenvalue weighted by molar-refractivity contribution is 0.379. The molecule has 0 radical (unpaired) electrons. The molecule has 0 amide bonds. The number of nitrogens with two attached hydrogens (primary N) is 1. The summed E-state index contributed by atoms with van der Waals surface area (Å²) < 4.78 is 26.8. The molecule has 1 aliphatic heterocycles. The zero-order valence-corrected chi connectivity index (χ0v) is 12.5. The van der Waals surface area contributed by atoms with E-state index in [2.05, 4.69) is 0 Å². The maximum atomic E-state index is 12.6. The second-order valence-electron chi connectivity index (χ2n) is 4.71. The Labute approximate surface area is 119 Å². The first-order valence-electron chi connectivity index (χ1n) is 6.38. The largest absolute Gasteiger partial charge is 0.389 e. The third kappa shape index (κ3) is 2.80. The monoisotopic (exact) mass is 298 g/mol. The predicted octanol–water partition coefficient (Wildman–Crippen LogP) is 1.88. The first kappa shape index (κ1) is 14.4. The van der Waals surface area contributed by atoms with Crippen LogP contribution in [0, 0.1) is 0 Å². The molecule has 0 aliphatic carbocycles. The van der Waals surface area contributed by atoms with Gasteiger partial charge in [0.15, 0.2) is 0 Å². The van der Waals surface area contributed by atoms with E-state index in [1.165, 1.54) is 0 Å². The van der Waals surface area contributed by atoms with Crippen molar-refractivity contribution in [2.75, 3.05) is 6.54 Å². The van der Waals surface area contributed by atoms with E-state index in [0.717, 1.165) is 19.3 Å². The van der Waals surface area contributed by atoms with Crippen molar-refractivity contribution in [1.29, 1.82) is 0 Å². The number of benzene rings is 1. The first-order chi connectivity index (χ1) is 8.96. The molecule has 1 heterocycles. The lowest BCUT2D eigenvalue weighted by atomic mass is 10.2. The number of hydrogen-bond acceptors (Lipinski definition) is 3. The minimum atomic E-state index is -3.44. The number of rotatable bonds is 4. The summed E-state index contributed by atoms with van der Waals surface area (Å²) in [6, 6.07) is 6.67. The Morgan fingerprint density at radius 1 is 1.53 bits per heavy atom. The molecule has 2 N–H and O–H groups in total. The SMILES string of the molecule is CCC1CCCN1S(=O)(=O)c1cccc(C(N)=S)c1. The molecule has 104 valence electrons. The molecule has 1 saturated heterocycles. The molecule has 0 bridgehead atoms. The number of thiocarbonyl (C=S) groups is 1. The van der Waals surface area contributed by atoms with Crippen molar-refractivity contribution in [2.45, 2.75) is 37.1 Å². The van der Waals surface area contributed by atoms with Gasteiger partial charge in [0.25, 0.3) is 0 Å². The molecule has 0 aromatic heterocycles. The number of nitrogens with zero attached hydrogens (tertiary/aromatic N) is 1. The van der Waals surface area contributed by atoms with Crippen LogP contribution in [0.5, 0.6) is 0 Å². The topological polar surface area (TPSA) is 63.4 Å². The highest BCUT2D eigenvalue weighted by atomic mass is 32.2. The second kappa shape index (κ2) is 5.56. The van der Waals surface area contributed by atoms with Crippen LogP contribution in [0.2, 0.25) is 0 Å². The van der Waals surface area contributed by atoms with E-state index in [1.807, 2.05) is 6.92 Å². The van der Waals surface area contributed by atoms with Crippen molar-refractivity contribution in [3.63, 3.8) is 0 Å². The fourth-order valence-corrected chi connectivity index (χ4v) is 4.42. The van der Waals surface area contributed by atoms with E-state index in [9.17, 15) is 8.42 Å². The molecule has 0 spiro atoms. The molecular formula is C13H18N2O2S2. The molecule has 1 atom stereocenters. The van der Waals surface area contributed by atoms with Crippen LogP contribution in [0.25, 0.3) is 0 Å². The standard InChI is InChI=1S/C13H18N2O2S2/c1-2-11-6-4-8-15(11)19(16,17)12-7-3-5-10(9-12)13(14)18/h3,5,7,9,11H,2,4,6,8H2,1H3,(H2,14,18). The molecular weight excluding hydrogens is 280 g/mol. The van der Waals surface area contributed by atoms with Gasteiger partial charge in [0, 0.05) is 18.2 Å². The molecule has 6 heteroatoms. The van der Waals surface area contributed by atoms with Crippen LogP contribution in [-0.2, 0) is 10.0 Å². The van der Waals surface area contributed by atoms with Gasteiger partial charge in [0.2, 0.25) is 10.0 Å². The van der Waals surface area contributed by atoms with Crippen molar-refractivity contribution < 1.29 is 8.42 Å². The Morgan fingerprint density at radius 2 is 2.26 bits per heavy atom. The average Bonchev–Trinajstić information content (AvgIpc) is 2.88. The summed E-state index contributed by atoms with van der Waals surface area (Å²) in [5.41, 5.74) is 6.14. The maximum Gasteiger partial charge on any atom is 0.243 e. The minimum absolute atomic E-state index is 0.110. The highest BCUT2D eigenvalue weighted by molar-refractivity contribution is 7.89. The van der Waals surface area contributed by atoms with Crippen molar-refractivity contribution in [3.05, 3.63) is 29.8 Å². The van der Waals surface area contributed by atoms with Gasteiger partial charge in [-0.3, -0.25) is 0 Å². The molecule has 0 saturated carbocycles. The van der Waals surface area contributed by atoms with Crippen LogP contribution in [0.15, 0.2) is 29.2 Å². The van der Waals surface area contributed by atoms with E-state index in [4.69, 9.17) is 18.0 Å². The van der Waals surface area contributed by atoms with E-state index in [1.54, 1.807) is 28.6 Å². The van der Waals surface area contributed by atoms with E-state index in [0.29, 0.717) is 12.1 Å². The van der Waals surface area contributed by atoms with Crippen LogP contribution in [0.1, 0.15) is 31.7 Å². The van der Waals surface area contributed by atoms with Gasteiger partial charge in [-0.1, -0.05) is 31.3 Å². The van der Waals surface area contributed by atoms with Gasteiger partial charge in [0.1, 0.15) is 4.99 Å². The van der Waals surface area contributed by atoms with Crippen molar-refractivity contribution in [3.8, 4) is 0 Å². The smallest absolute Gasteiger partial charge is 0.243 e. The quantitative estimate of drug-likeness (QED) is 0.862. The first-order valence-corrected chi connectivity index (χ1v) is 8.23. The Hall–Kier alpha value is -0.980. The zero-order valence-electron chi connectivity index (χ0n) is 10.9. The van der Waals surface area contributed by atoms with Gasteiger partial charge in [0.05, 0.1) is 4.90 Å². The van der Waals surface area contributed by atoms with Crippen LogP contribution < -0.4 is 5.73 Å². The molecule has 2 rings (SSSR count). The summed E-state index contributed by atoms with van der Waals surface area (Å²) in [6.45, 7) is 2.61. The summed E-state index contributed by atoms with van der Waals surface area (Å²) in [6.07, 6.45) is 2.70.